The zero-order chi connectivity index (χ0) is 13.7. The molecule has 1 aliphatic carbocycles. The van der Waals surface area contributed by atoms with E-state index < -0.39 is 5.54 Å². The second-order valence-corrected chi connectivity index (χ2v) is 6.88. The molecule has 1 aliphatic heterocycles. The highest BCUT2D eigenvalue weighted by Gasteiger charge is 2.40. The summed E-state index contributed by atoms with van der Waals surface area (Å²) in [6, 6.07) is 0.504. The van der Waals surface area contributed by atoms with Gasteiger partial charge < -0.3 is 9.47 Å². The summed E-state index contributed by atoms with van der Waals surface area (Å²) in [5, 5.41) is 4.08. The zero-order valence-electron chi connectivity index (χ0n) is 11.9. The van der Waals surface area contributed by atoms with E-state index in [1.807, 2.05) is 25.6 Å². The van der Waals surface area contributed by atoms with Crippen molar-refractivity contribution in [3.8, 4) is 0 Å². The van der Waals surface area contributed by atoms with Crippen molar-refractivity contribution in [3.05, 3.63) is 0 Å². The maximum absolute atomic E-state index is 12.2. The largest absolute Gasteiger partial charge is 0.465 e. The van der Waals surface area contributed by atoms with Crippen LogP contribution in [0.4, 0.5) is 0 Å². The van der Waals surface area contributed by atoms with E-state index in [-0.39, 0.29) is 5.97 Å². The summed E-state index contributed by atoms with van der Waals surface area (Å²) in [5.74, 6) is 0.675. The normalized spacial score (nSPS) is 23.9. The molecule has 1 unspecified atom stereocenters. The van der Waals surface area contributed by atoms with Crippen molar-refractivity contribution in [2.75, 3.05) is 25.6 Å². The summed E-state index contributed by atoms with van der Waals surface area (Å²) >= 11 is 1.88. The average Bonchev–Trinajstić information content (AvgIpc) is 3.22. The SMILES string of the molecule is CCOC(=O)C(C)(CSC1CCOCC1)NC1CC1. The van der Waals surface area contributed by atoms with Crippen LogP contribution in [0.15, 0.2) is 0 Å². The molecule has 2 fully saturated rings. The Hall–Kier alpha value is -0.260. The lowest BCUT2D eigenvalue weighted by Crippen LogP contribution is -2.54. The van der Waals surface area contributed by atoms with Crippen LogP contribution in [-0.4, -0.2) is 48.4 Å². The predicted molar refractivity (Wildman–Crippen MR) is 77.5 cm³/mol. The summed E-state index contributed by atoms with van der Waals surface area (Å²) in [5.41, 5.74) is -0.542. The van der Waals surface area contributed by atoms with Crippen molar-refractivity contribution in [2.45, 2.75) is 56.4 Å². The minimum Gasteiger partial charge on any atom is -0.465 e. The van der Waals surface area contributed by atoms with Crippen LogP contribution in [0, 0.1) is 0 Å². The van der Waals surface area contributed by atoms with E-state index >= 15 is 0 Å². The van der Waals surface area contributed by atoms with E-state index in [0.29, 0.717) is 17.9 Å². The third-order valence-electron chi connectivity index (χ3n) is 3.60. The first kappa shape index (κ1) is 15.1. The van der Waals surface area contributed by atoms with Gasteiger partial charge in [0.05, 0.1) is 6.61 Å². The molecule has 1 heterocycles. The molecule has 0 radical (unpaired) electrons. The van der Waals surface area contributed by atoms with E-state index in [1.54, 1.807) is 0 Å². The minimum atomic E-state index is -0.542. The highest BCUT2D eigenvalue weighted by Crippen LogP contribution is 2.29. The number of rotatable bonds is 7. The van der Waals surface area contributed by atoms with Gasteiger partial charge in [-0.2, -0.15) is 11.8 Å². The molecule has 2 aliphatic rings. The summed E-state index contributed by atoms with van der Waals surface area (Å²) in [6.07, 6.45) is 4.54. The number of esters is 1. The maximum Gasteiger partial charge on any atom is 0.326 e. The smallest absolute Gasteiger partial charge is 0.326 e. The molecule has 110 valence electrons. The molecule has 0 aromatic heterocycles. The molecule has 5 heteroatoms. The molecule has 2 rings (SSSR count). The van der Waals surface area contributed by atoms with Gasteiger partial charge in [-0.15, -0.1) is 0 Å². The van der Waals surface area contributed by atoms with Gasteiger partial charge in [0, 0.05) is 30.3 Å². The van der Waals surface area contributed by atoms with Gasteiger partial charge in [-0.05, 0) is 39.5 Å². The molecular formula is C14H25NO3S. The highest BCUT2D eigenvalue weighted by molar-refractivity contribution is 8.00. The molecule has 0 bridgehead atoms. The second kappa shape index (κ2) is 6.95. The molecule has 19 heavy (non-hydrogen) atoms. The molecule has 4 nitrogen and oxygen atoms in total. The van der Waals surface area contributed by atoms with Crippen LogP contribution in [0.3, 0.4) is 0 Å². The topological polar surface area (TPSA) is 47.6 Å². The van der Waals surface area contributed by atoms with Crippen LogP contribution in [0.25, 0.3) is 0 Å². The van der Waals surface area contributed by atoms with Crippen molar-refractivity contribution < 1.29 is 14.3 Å². The van der Waals surface area contributed by atoms with Gasteiger partial charge in [0.1, 0.15) is 5.54 Å². The van der Waals surface area contributed by atoms with Crippen LogP contribution < -0.4 is 5.32 Å². The Labute approximate surface area is 120 Å². The number of carbonyl (C=O) groups excluding carboxylic acids is 1. The van der Waals surface area contributed by atoms with Crippen LogP contribution in [0.1, 0.15) is 39.5 Å². The average molecular weight is 287 g/mol. The lowest BCUT2D eigenvalue weighted by Gasteiger charge is -2.31. The Morgan fingerprint density at radius 3 is 2.63 bits per heavy atom. The third-order valence-corrected chi connectivity index (χ3v) is 5.29. The fourth-order valence-corrected chi connectivity index (χ4v) is 3.55. The standard InChI is InChI=1S/C14H25NO3S/c1-3-18-13(16)14(2,15-11-4-5-11)10-19-12-6-8-17-9-7-12/h11-12,15H,3-10H2,1-2H3. The summed E-state index contributed by atoms with van der Waals surface area (Å²) in [6.45, 7) is 5.99. The van der Waals surface area contributed by atoms with Gasteiger partial charge >= 0.3 is 5.97 Å². The molecule has 0 spiro atoms. The molecule has 1 atom stereocenters. The number of hydrogen-bond acceptors (Lipinski definition) is 5. The number of ether oxygens (including phenoxy) is 2. The fraction of sp³-hybridized carbons (Fsp3) is 0.929. The number of hydrogen-bond donors (Lipinski definition) is 1. The Morgan fingerprint density at radius 1 is 1.37 bits per heavy atom. The van der Waals surface area contributed by atoms with Crippen molar-refractivity contribution in [2.24, 2.45) is 0 Å². The van der Waals surface area contributed by atoms with Crippen molar-refractivity contribution in [1.29, 1.82) is 0 Å². The molecule has 0 aromatic rings. The van der Waals surface area contributed by atoms with Gasteiger partial charge in [0.25, 0.3) is 0 Å². The lowest BCUT2D eigenvalue weighted by molar-refractivity contribution is -0.149. The van der Waals surface area contributed by atoms with E-state index in [0.717, 1.165) is 31.8 Å². The number of carbonyl (C=O) groups is 1. The maximum atomic E-state index is 12.2. The van der Waals surface area contributed by atoms with Gasteiger partial charge in [-0.3, -0.25) is 10.1 Å². The van der Waals surface area contributed by atoms with Gasteiger partial charge in [0.2, 0.25) is 0 Å². The monoisotopic (exact) mass is 287 g/mol. The van der Waals surface area contributed by atoms with Crippen molar-refractivity contribution in [3.63, 3.8) is 0 Å². The van der Waals surface area contributed by atoms with E-state index in [9.17, 15) is 4.79 Å². The summed E-state index contributed by atoms with van der Waals surface area (Å²) < 4.78 is 10.6. The van der Waals surface area contributed by atoms with Gasteiger partial charge in [-0.25, -0.2) is 0 Å². The van der Waals surface area contributed by atoms with Crippen LogP contribution >= 0.6 is 11.8 Å². The second-order valence-electron chi connectivity index (χ2n) is 5.59. The van der Waals surface area contributed by atoms with Crippen LogP contribution in [-0.2, 0) is 14.3 Å². The Bertz CT molecular complexity index is 303. The van der Waals surface area contributed by atoms with Crippen LogP contribution in [0.5, 0.6) is 0 Å². The van der Waals surface area contributed by atoms with E-state index in [4.69, 9.17) is 9.47 Å². The number of thioether (sulfide) groups is 1. The minimum absolute atomic E-state index is 0.110. The third kappa shape index (κ3) is 4.65. The van der Waals surface area contributed by atoms with Crippen molar-refractivity contribution >= 4 is 17.7 Å². The van der Waals surface area contributed by atoms with E-state index in [2.05, 4.69) is 5.32 Å². The first-order valence-corrected chi connectivity index (χ1v) is 8.33. The molecule has 1 saturated heterocycles. The first-order valence-electron chi connectivity index (χ1n) is 7.28. The molecule has 1 N–H and O–H groups in total. The number of nitrogens with one attached hydrogen (secondary N) is 1. The Balaban J connectivity index is 1.86. The Kier molecular flexibility index (Phi) is 5.54. The Morgan fingerprint density at radius 2 is 2.05 bits per heavy atom. The highest BCUT2D eigenvalue weighted by atomic mass is 32.2. The zero-order valence-corrected chi connectivity index (χ0v) is 12.8. The quantitative estimate of drug-likeness (QED) is 0.726. The molecule has 1 saturated carbocycles. The predicted octanol–water partition coefficient (Wildman–Crippen LogP) is 1.97. The van der Waals surface area contributed by atoms with Crippen LogP contribution in [0.2, 0.25) is 0 Å². The van der Waals surface area contributed by atoms with Crippen molar-refractivity contribution in [1.82, 2.24) is 5.32 Å². The molecular weight excluding hydrogens is 262 g/mol. The lowest BCUT2D eigenvalue weighted by atomic mass is 10.1. The molecule has 0 amide bonds. The summed E-state index contributed by atoms with van der Waals surface area (Å²) in [7, 11) is 0. The van der Waals surface area contributed by atoms with Gasteiger partial charge in [-0.1, -0.05) is 0 Å². The first-order chi connectivity index (χ1) is 9.14. The fourth-order valence-electron chi connectivity index (χ4n) is 2.26. The summed E-state index contributed by atoms with van der Waals surface area (Å²) in [4.78, 5) is 12.2. The molecule has 0 aromatic carbocycles. The van der Waals surface area contributed by atoms with E-state index in [1.165, 1.54) is 12.8 Å². The van der Waals surface area contributed by atoms with Gasteiger partial charge in [0.15, 0.2) is 0 Å².